The van der Waals surface area contributed by atoms with Crippen molar-refractivity contribution >= 4 is 5.91 Å². The summed E-state index contributed by atoms with van der Waals surface area (Å²) < 4.78 is 0. The van der Waals surface area contributed by atoms with E-state index in [1.54, 1.807) is 6.33 Å². The van der Waals surface area contributed by atoms with E-state index in [1.165, 1.54) is 11.1 Å². The van der Waals surface area contributed by atoms with Gasteiger partial charge in [-0.05, 0) is 36.9 Å². The highest BCUT2D eigenvalue weighted by molar-refractivity contribution is 5.82. The second-order valence-corrected chi connectivity index (χ2v) is 7.02. The second kappa shape index (κ2) is 6.96. The molecule has 1 aromatic heterocycles. The molecule has 1 N–H and O–H groups in total. The second-order valence-electron chi connectivity index (χ2n) is 7.02. The molecule has 0 bridgehead atoms. The summed E-state index contributed by atoms with van der Waals surface area (Å²) >= 11 is 0. The molecule has 0 unspecified atom stereocenters. The van der Waals surface area contributed by atoms with Gasteiger partial charge in [0.05, 0.1) is 6.04 Å². The number of piperidine rings is 1. The van der Waals surface area contributed by atoms with Crippen molar-refractivity contribution in [1.29, 1.82) is 0 Å². The lowest BCUT2D eigenvalue weighted by Crippen LogP contribution is -2.53. The molecule has 6 heteroatoms. The van der Waals surface area contributed by atoms with Gasteiger partial charge in [-0.3, -0.25) is 14.8 Å². The summed E-state index contributed by atoms with van der Waals surface area (Å²) in [5.41, 5.74) is 2.68. The zero-order chi connectivity index (χ0) is 17.2. The minimum atomic E-state index is -0.0262. The number of hydrogen-bond donors (Lipinski definition) is 1. The first-order valence-electron chi connectivity index (χ1n) is 9.21. The molecule has 1 amide bonds. The van der Waals surface area contributed by atoms with Gasteiger partial charge in [-0.2, -0.15) is 5.10 Å². The molecule has 1 atom stereocenters. The van der Waals surface area contributed by atoms with E-state index in [0.29, 0.717) is 5.92 Å². The molecule has 1 aromatic carbocycles. The smallest absolute Gasteiger partial charge is 0.240 e. The Morgan fingerprint density at radius 1 is 1.24 bits per heavy atom. The third-order valence-corrected chi connectivity index (χ3v) is 5.66. The zero-order valence-electron chi connectivity index (χ0n) is 14.7. The van der Waals surface area contributed by atoms with Crippen LogP contribution in [0.2, 0.25) is 0 Å². The number of aromatic nitrogens is 3. The molecule has 132 valence electrons. The van der Waals surface area contributed by atoms with Crippen LogP contribution in [0.3, 0.4) is 0 Å². The number of benzene rings is 1. The quantitative estimate of drug-likeness (QED) is 0.928. The van der Waals surface area contributed by atoms with Crippen molar-refractivity contribution in [2.45, 2.75) is 44.7 Å². The molecule has 2 aliphatic rings. The van der Waals surface area contributed by atoms with Crippen LogP contribution in [0, 0.1) is 0 Å². The summed E-state index contributed by atoms with van der Waals surface area (Å²) in [6, 6.07) is 8.48. The average Bonchev–Trinajstić information content (AvgIpc) is 3.21. The van der Waals surface area contributed by atoms with Crippen molar-refractivity contribution in [3.63, 3.8) is 0 Å². The lowest BCUT2D eigenvalue weighted by atomic mass is 9.91. The molecule has 6 nitrogen and oxygen atoms in total. The van der Waals surface area contributed by atoms with Crippen molar-refractivity contribution in [3.05, 3.63) is 47.5 Å². The van der Waals surface area contributed by atoms with Gasteiger partial charge in [-0.25, -0.2) is 4.98 Å². The van der Waals surface area contributed by atoms with Gasteiger partial charge in [-0.15, -0.1) is 0 Å². The molecular weight excluding hydrogens is 314 g/mol. The summed E-state index contributed by atoms with van der Waals surface area (Å²) in [7, 11) is 0. The Morgan fingerprint density at radius 2 is 2.00 bits per heavy atom. The molecule has 2 aliphatic heterocycles. The molecule has 25 heavy (non-hydrogen) atoms. The van der Waals surface area contributed by atoms with Gasteiger partial charge in [0.1, 0.15) is 12.2 Å². The molecule has 0 radical (unpaired) electrons. The Labute approximate surface area is 148 Å². The molecule has 0 aliphatic carbocycles. The van der Waals surface area contributed by atoms with E-state index in [1.807, 2.05) is 4.90 Å². The van der Waals surface area contributed by atoms with E-state index in [2.05, 4.69) is 51.3 Å². The molecular formula is C19H25N5O. The van der Waals surface area contributed by atoms with Crippen molar-refractivity contribution < 1.29 is 4.79 Å². The average molecular weight is 339 g/mol. The number of carbonyl (C=O) groups excluding carboxylic acids is 1. The van der Waals surface area contributed by atoms with Crippen molar-refractivity contribution in [2.24, 2.45) is 0 Å². The Bertz CT molecular complexity index is 721. The van der Waals surface area contributed by atoms with Crippen molar-refractivity contribution in [1.82, 2.24) is 25.0 Å². The van der Waals surface area contributed by atoms with Gasteiger partial charge < -0.3 is 4.90 Å². The van der Waals surface area contributed by atoms with E-state index in [0.717, 1.165) is 51.3 Å². The molecule has 1 fully saturated rings. The maximum Gasteiger partial charge on any atom is 0.240 e. The molecule has 0 saturated carbocycles. The molecule has 1 saturated heterocycles. The monoisotopic (exact) mass is 339 g/mol. The number of aromatic amines is 1. The van der Waals surface area contributed by atoms with E-state index in [4.69, 9.17) is 0 Å². The van der Waals surface area contributed by atoms with Gasteiger partial charge in [0.25, 0.3) is 0 Å². The van der Waals surface area contributed by atoms with Crippen LogP contribution in [0.5, 0.6) is 0 Å². The van der Waals surface area contributed by atoms with E-state index >= 15 is 0 Å². The maximum absolute atomic E-state index is 13.2. The predicted molar refractivity (Wildman–Crippen MR) is 95.0 cm³/mol. The van der Waals surface area contributed by atoms with Gasteiger partial charge >= 0.3 is 0 Å². The third kappa shape index (κ3) is 3.18. The first-order valence-corrected chi connectivity index (χ1v) is 9.21. The highest BCUT2D eigenvalue weighted by atomic mass is 16.2. The first-order chi connectivity index (χ1) is 12.3. The number of likely N-dealkylation sites (tertiary alicyclic amines) is 1. The Hall–Kier alpha value is -2.21. The SMILES string of the molecule is CCN1Cc2ccccc2C[C@H]1C(=O)N1CCC(c2ncn[nH]2)CC1. The topological polar surface area (TPSA) is 65.1 Å². The highest BCUT2D eigenvalue weighted by Gasteiger charge is 2.35. The van der Waals surface area contributed by atoms with Gasteiger partial charge in [0.2, 0.25) is 5.91 Å². The van der Waals surface area contributed by atoms with Crippen molar-refractivity contribution in [3.8, 4) is 0 Å². The Kier molecular flexibility index (Phi) is 4.53. The van der Waals surface area contributed by atoms with Gasteiger partial charge in [0.15, 0.2) is 0 Å². The molecule has 0 spiro atoms. The number of amides is 1. The fourth-order valence-electron chi connectivity index (χ4n) is 4.15. The highest BCUT2D eigenvalue weighted by Crippen LogP contribution is 2.28. The Balaban J connectivity index is 1.44. The van der Waals surface area contributed by atoms with Crippen LogP contribution in [-0.4, -0.2) is 56.6 Å². The zero-order valence-corrected chi connectivity index (χ0v) is 14.7. The van der Waals surface area contributed by atoms with E-state index < -0.39 is 0 Å². The number of hydrogen-bond acceptors (Lipinski definition) is 4. The lowest BCUT2D eigenvalue weighted by Gasteiger charge is -2.40. The number of nitrogens with zero attached hydrogens (tertiary/aromatic N) is 4. The van der Waals surface area contributed by atoms with Crippen LogP contribution in [0.25, 0.3) is 0 Å². The molecule has 4 rings (SSSR count). The molecule has 2 aromatic rings. The fourth-order valence-corrected chi connectivity index (χ4v) is 4.15. The van der Waals surface area contributed by atoms with Gasteiger partial charge in [-0.1, -0.05) is 31.2 Å². The number of rotatable bonds is 3. The largest absolute Gasteiger partial charge is 0.341 e. The van der Waals surface area contributed by atoms with Crippen LogP contribution in [-0.2, 0) is 17.8 Å². The van der Waals surface area contributed by atoms with Crippen LogP contribution in [0.4, 0.5) is 0 Å². The van der Waals surface area contributed by atoms with E-state index in [-0.39, 0.29) is 11.9 Å². The van der Waals surface area contributed by atoms with Crippen molar-refractivity contribution in [2.75, 3.05) is 19.6 Å². The summed E-state index contributed by atoms with van der Waals surface area (Å²) in [6.45, 7) is 5.53. The number of H-pyrrole nitrogens is 1. The third-order valence-electron chi connectivity index (χ3n) is 5.66. The number of nitrogens with one attached hydrogen (secondary N) is 1. The Morgan fingerprint density at radius 3 is 2.68 bits per heavy atom. The van der Waals surface area contributed by atoms with Crippen LogP contribution < -0.4 is 0 Å². The number of likely N-dealkylation sites (N-methyl/N-ethyl adjacent to an activating group) is 1. The minimum Gasteiger partial charge on any atom is -0.341 e. The predicted octanol–water partition coefficient (Wildman–Crippen LogP) is 1.96. The summed E-state index contributed by atoms with van der Waals surface area (Å²) in [6.07, 6.45) is 4.29. The summed E-state index contributed by atoms with van der Waals surface area (Å²) in [4.78, 5) is 21.8. The fraction of sp³-hybridized carbons (Fsp3) is 0.526. The van der Waals surface area contributed by atoms with Gasteiger partial charge in [0, 0.05) is 25.6 Å². The van der Waals surface area contributed by atoms with Crippen LogP contribution in [0.15, 0.2) is 30.6 Å². The lowest BCUT2D eigenvalue weighted by molar-refractivity contribution is -0.138. The summed E-state index contributed by atoms with van der Waals surface area (Å²) in [5, 5.41) is 6.91. The normalized spacial score (nSPS) is 22.0. The standard InChI is InChI=1S/C19H25N5O/c1-2-23-12-16-6-4-3-5-15(16)11-17(23)19(25)24-9-7-14(8-10-24)18-20-13-21-22-18/h3-6,13-14,17H,2,7-12H2,1H3,(H,20,21,22)/t17-/m0/s1. The first kappa shape index (κ1) is 16.3. The van der Waals surface area contributed by atoms with E-state index in [9.17, 15) is 4.79 Å². The number of carbonyl (C=O) groups is 1. The van der Waals surface area contributed by atoms with Crippen LogP contribution in [0.1, 0.15) is 42.6 Å². The molecule has 3 heterocycles. The summed E-state index contributed by atoms with van der Waals surface area (Å²) in [5.74, 6) is 1.63. The number of fused-ring (bicyclic) bond motifs is 1. The van der Waals surface area contributed by atoms with Crippen LogP contribution >= 0.6 is 0 Å². The minimum absolute atomic E-state index is 0.0262. The maximum atomic E-state index is 13.2.